The van der Waals surface area contributed by atoms with Crippen molar-refractivity contribution in [3.63, 3.8) is 0 Å². The zero-order valence-electron chi connectivity index (χ0n) is 13.3. The van der Waals surface area contributed by atoms with Crippen molar-refractivity contribution in [2.75, 3.05) is 20.2 Å². The van der Waals surface area contributed by atoms with Crippen LogP contribution in [0.5, 0.6) is 0 Å². The molecular formula is C17H34N2O. The number of likely N-dealkylation sites (N-methyl/N-ethyl adjacent to an activating group) is 1. The molecular weight excluding hydrogens is 248 g/mol. The largest absolute Gasteiger partial charge is 0.395 e. The maximum absolute atomic E-state index is 9.38. The number of aliphatic hydroxyl groups is 1. The van der Waals surface area contributed by atoms with Crippen molar-refractivity contribution in [3.05, 3.63) is 0 Å². The van der Waals surface area contributed by atoms with Gasteiger partial charge >= 0.3 is 0 Å². The Morgan fingerprint density at radius 2 is 1.45 bits per heavy atom. The van der Waals surface area contributed by atoms with Crippen molar-refractivity contribution in [1.82, 2.24) is 10.2 Å². The Hall–Kier alpha value is -0.120. The first-order valence-electron chi connectivity index (χ1n) is 8.89. The number of hydrogen-bond donors (Lipinski definition) is 2. The van der Waals surface area contributed by atoms with Crippen molar-refractivity contribution in [2.45, 2.75) is 88.8 Å². The molecule has 0 spiro atoms. The molecule has 0 bridgehead atoms. The number of hydrogen-bond acceptors (Lipinski definition) is 3. The lowest BCUT2D eigenvalue weighted by Gasteiger charge is -2.42. The highest BCUT2D eigenvalue weighted by atomic mass is 16.3. The molecule has 1 atom stereocenters. The van der Waals surface area contributed by atoms with E-state index in [1.165, 1.54) is 70.8 Å². The summed E-state index contributed by atoms with van der Waals surface area (Å²) in [6, 6.07) is 1.91. The normalized spacial score (nSPS) is 24.1. The summed E-state index contributed by atoms with van der Waals surface area (Å²) in [4.78, 5) is 2.83. The van der Waals surface area contributed by atoms with Gasteiger partial charge in [-0.3, -0.25) is 4.90 Å². The molecule has 118 valence electrons. The van der Waals surface area contributed by atoms with Crippen LogP contribution in [0.3, 0.4) is 0 Å². The SMILES string of the molecule is CNC(CO)CCN(C1CCCCC1)C1CCCCC1. The zero-order chi connectivity index (χ0) is 14.2. The summed E-state index contributed by atoms with van der Waals surface area (Å²) < 4.78 is 0. The van der Waals surface area contributed by atoms with Crippen LogP contribution < -0.4 is 5.32 Å². The monoisotopic (exact) mass is 282 g/mol. The van der Waals surface area contributed by atoms with Crippen LogP contribution in [0, 0.1) is 0 Å². The van der Waals surface area contributed by atoms with Gasteiger partial charge in [0.2, 0.25) is 0 Å². The Morgan fingerprint density at radius 3 is 1.85 bits per heavy atom. The van der Waals surface area contributed by atoms with Gasteiger partial charge in [0.1, 0.15) is 0 Å². The topological polar surface area (TPSA) is 35.5 Å². The lowest BCUT2D eigenvalue weighted by Crippen LogP contribution is -2.47. The number of nitrogens with zero attached hydrogens (tertiary/aromatic N) is 1. The molecule has 2 fully saturated rings. The smallest absolute Gasteiger partial charge is 0.0585 e. The quantitative estimate of drug-likeness (QED) is 0.753. The van der Waals surface area contributed by atoms with E-state index in [9.17, 15) is 5.11 Å². The van der Waals surface area contributed by atoms with Crippen molar-refractivity contribution >= 4 is 0 Å². The molecule has 0 aliphatic heterocycles. The first-order chi connectivity index (χ1) is 9.85. The summed E-state index contributed by atoms with van der Waals surface area (Å²) >= 11 is 0. The summed E-state index contributed by atoms with van der Waals surface area (Å²) in [7, 11) is 1.96. The van der Waals surface area contributed by atoms with E-state index in [1.54, 1.807) is 0 Å². The minimum absolute atomic E-state index is 0.264. The summed E-state index contributed by atoms with van der Waals surface area (Å²) in [6.45, 7) is 1.43. The average molecular weight is 282 g/mol. The Balaban J connectivity index is 1.91. The standard InChI is InChI=1S/C17H34N2O/c1-18-15(14-20)12-13-19(16-8-4-2-5-9-16)17-10-6-3-7-11-17/h15-18,20H,2-14H2,1H3. The lowest BCUT2D eigenvalue weighted by molar-refractivity contribution is 0.0735. The first-order valence-corrected chi connectivity index (χ1v) is 8.89. The molecule has 0 aromatic carbocycles. The fraction of sp³-hybridized carbons (Fsp3) is 1.00. The highest BCUT2D eigenvalue weighted by Gasteiger charge is 2.28. The van der Waals surface area contributed by atoms with E-state index in [4.69, 9.17) is 0 Å². The van der Waals surface area contributed by atoms with Gasteiger partial charge in [-0.2, -0.15) is 0 Å². The highest BCUT2D eigenvalue weighted by molar-refractivity contribution is 4.84. The molecule has 0 aromatic heterocycles. The van der Waals surface area contributed by atoms with Crippen LogP contribution in [0.25, 0.3) is 0 Å². The second-order valence-corrected chi connectivity index (χ2v) is 6.78. The number of rotatable bonds is 7. The number of nitrogens with one attached hydrogen (secondary N) is 1. The van der Waals surface area contributed by atoms with Crippen LogP contribution in [0.4, 0.5) is 0 Å². The third-order valence-corrected chi connectivity index (χ3v) is 5.45. The Morgan fingerprint density at radius 1 is 0.950 bits per heavy atom. The minimum atomic E-state index is 0.264. The van der Waals surface area contributed by atoms with Gasteiger partial charge in [-0.25, -0.2) is 0 Å². The van der Waals surface area contributed by atoms with Crippen molar-refractivity contribution in [3.8, 4) is 0 Å². The lowest BCUT2D eigenvalue weighted by atomic mass is 9.88. The van der Waals surface area contributed by atoms with Gasteiger partial charge in [-0.15, -0.1) is 0 Å². The van der Waals surface area contributed by atoms with Gasteiger partial charge < -0.3 is 10.4 Å². The molecule has 0 heterocycles. The van der Waals surface area contributed by atoms with E-state index in [2.05, 4.69) is 10.2 Å². The van der Waals surface area contributed by atoms with E-state index in [0.717, 1.165) is 18.5 Å². The third kappa shape index (κ3) is 4.71. The molecule has 2 aliphatic rings. The van der Waals surface area contributed by atoms with Gasteiger partial charge in [0, 0.05) is 24.7 Å². The second-order valence-electron chi connectivity index (χ2n) is 6.78. The van der Waals surface area contributed by atoms with Gasteiger partial charge in [0.15, 0.2) is 0 Å². The first kappa shape index (κ1) is 16.3. The van der Waals surface area contributed by atoms with Crippen LogP contribution in [-0.2, 0) is 0 Å². The maximum atomic E-state index is 9.38. The molecule has 0 saturated heterocycles. The van der Waals surface area contributed by atoms with E-state index >= 15 is 0 Å². The molecule has 2 N–H and O–H groups in total. The van der Waals surface area contributed by atoms with Crippen LogP contribution in [0.2, 0.25) is 0 Å². The summed E-state index contributed by atoms with van der Waals surface area (Å²) in [5.41, 5.74) is 0. The van der Waals surface area contributed by atoms with E-state index < -0.39 is 0 Å². The van der Waals surface area contributed by atoms with Gasteiger partial charge in [-0.1, -0.05) is 38.5 Å². The predicted molar refractivity (Wildman–Crippen MR) is 85.0 cm³/mol. The molecule has 0 aromatic rings. The predicted octanol–water partition coefficient (Wildman–Crippen LogP) is 2.92. The highest BCUT2D eigenvalue weighted by Crippen LogP contribution is 2.30. The molecule has 2 aliphatic carbocycles. The summed E-state index contributed by atoms with van der Waals surface area (Å²) in [5, 5.41) is 12.6. The molecule has 1 unspecified atom stereocenters. The zero-order valence-corrected chi connectivity index (χ0v) is 13.3. The molecule has 3 nitrogen and oxygen atoms in total. The third-order valence-electron chi connectivity index (χ3n) is 5.45. The second kappa shape index (κ2) is 9.01. The van der Waals surface area contributed by atoms with Gasteiger partial charge in [0.05, 0.1) is 6.61 Å². The van der Waals surface area contributed by atoms with Crippen molar-refractivity contribution in [1.29, 1.82) is 0 Å². The molecule has 0 radical (unpaired) electrons. The van der Waals surface area contributed by atoms with Crippen LogP contribution in [-0.4, -0.2) is 48.3 Å². The number of aliphatic hydroxyl groups excluding tert-OH is 1. The fourth-order valence-corrected chi connectivity index (χ4v) is 4.12. The van der Waals surface area contributed by atoms with E-state index in [1.807, 2.05) is 7.05 Å². The minimum Gasteiger partial charge on any atom is -0.395 e. The molecule has 2 saturated carbocycles. The van der Waals surface area contributed by atoms with Crippen molar-refractivity contribution < 1.29 is 5.11 Å². The average Bonchev–Trinajstić information content (AvgIpc) is 2.53. The molecule has 20 heavy (non-hydrogen) atoms. The molecule has 3 heteroatoms. The summed E-state index contributed by atoms with van der Waals surface area (Å²) in [6.07, 6.45) is 15.2. The van der Waals surface area contributed by atoms with E-state index in [0.29, 0.717) is 0 Å². The van der Waals surface area contributed by atoms with Crippen molar-refractivity contribution in [2.24, 2.45) is 0 Å². The van der Waals surface area contributed by atoms with Crippen LogP contribution in [0.1, 0.15) is 70.6 Å². The summed E-state index contributed by atoms with van der Waals surface area (Å²) in [5.74, 6) is 0. The van der Waals surface area contributed by atoms with E-state index in [-0.39, 0.29) is 12.6 Å². The van der Waals surface area contributed by atoms with Gasteiger partial charge in [0.25, 0.3) is 0 Å². The maximum Gasteiger partial charge on any atom is 0.0585 e. The van der Waals surface area contributed by atoms with Gasteiger partial charge in [-0.05, 0) is 39.2 Å². The molecule has 0 amide bonds. The Labute approximate surface area is 125 Å². The fourth-order valence-electron chi connectivity index (χ4n) is 4.12. The Kier molecular flexibility index (Phi) is 7.32. The molecule has 2 rings (SSSR count). The van der Waals surface area contributed by atoms with Crippen LogP contribution >= 0.6 is 0 Å². The van der Waals surface area contributed by atoms with Crippen LogP contribution in [0.15, 0.2) is 0 Å². The Bertz CT molecular complexity index is 225.